The zero-order valence-corrected chi connectivity index (χ0v) is 20.3. The monoisotopic (exact) mass is 471 g/mol. The minimum atomic E-state index is -0.149. The van der Waals surface area contributed by atoms with Crippen LogP contribution in [0.1, 0.15) is 40.0 Å². The van der Waals surface area contributed by atoms with Crippen LogP contribution in [0.4, 0.5) is 10.5 Å². The lowest BCUT2D eigenvalue weighted by atomic mass is 10.0. The van der Waals surface area contributed by atoms with Crippen molar-refractivity contribution in [1.82, 2.24) is 30.2 Å². The first-order valence-corrected chi connectivity index (χ1v) is 11.8. The molecule has 5 rings (SSSR count). The largest absolute Gasteiger partial charge is 0.338 e. The summed E-state index contributed by atoms with van der Waals surface area (Å²) in [7, 11) is 0. The molecule has 1 aliphatic rings. The fraction of sp³-hybridized carbons (Fsp3) is 0.308. The van der Waals surface area contributed by atoms with Crippen LogP contribution >= 0.6 is 0 Å². The van der Waals surface area contributed by atoms with Gasteiger partial charge in [-0.3, -0.25) is 14.6 Å². The Kier molecular flexibility index (Phi) is 5.76. The van der Waals surface area contributed by atoms with Crippen molar-refractivity contribution < 1.29 is 9.59 Å². The minimum Gasteiger partial charge on any atom is -0.338 e. The normalized spacial score (nSPS) is 13.7. The van der Waals surface area contributed by atoms with Crippen molar-refractivity contribution in [3.8, 4) is 11.3 Å². The van der Waals surface area contributed by atoms with Gasteiger partial charge in [-0.25, -0.2) is 4.79 Å². The van der Waals surface area contributed by atoms with Crippen molar-refractivity contribution in [3.05, 3.63) is 65.0 Å². The number of nitrogens with zero attached hydrogens (tertiary/aromatic N) is 4. The molecule has 0 bridgehead atoms. The highest BCUT2D eigenvalue weighted by molar-refractivity contribution is 6.09. The number of carbonyl (C=O) groups is 2. The van der Waals surface area contributed by atoms with Crippen molar-refractivity contribution in [1.29, 1.82) is 0 Å². The molecular formula is C26H29N7O2. The maximum atomic E-state index is 13.2. The number of para-hydroxylation sites is 1. The average molecular weight is 472 g/mol. The lowest BCUT2D eigenvalue weighted by Gasteiger charge is -2.38. The first-order valence-electron chi connectivity index (χ1n) is 11.8. The number of urea groups is 1. The van der Waals surface area contributed by atoms with Crippen molar-refractivity contribution in [2.24, 2.45) is 0 Å². The van der Waals surface area contributed by atoms with Crippen LogP contribution in [0.15, 0.2) is 42.7 Å². The molecule has 2 aromatic carbocycles. The van der Waals surface area contributed by atoms with E-state index < -0.39 is 0 Å². The van der Waals surface area contributed by atoms with Crippen LogP contribution in [0.3, 0.4) is 0 Å². The minimum absolute atomic E-state index is 0.0449. The maximum absolute atomic E-state index is 13.2. The number of fused-ring (bicyclic) bond motifs is 1. The summed E-state index contributed by atoms with van der Waals surface area (Å²) < 4.78 is 1.88. The second kappa shape index (κ2) is 8.90. The fourth-order valence-corrected chi connectivity index (χ4v) is 4.54. The maximum Gasteiger partial charge on any atom is 0.317 e. The standard InChI is InChI=1S/C26H29N7O2/c1-5-27-26(35)32-13-19(14-32)33-12-18(11-28-33)24-21-10-20(17(4)9-22(21)30-31-24)25(34)29-23-15(2)7-6-8-16(23)3/h6-12,19H,5,13-14H2,1-4H3,(H,27,35)(H,29,34)(H,30,31). The topological polar surface area (TPSA) is 108 Å². The number of nitrogens with one attached hydrogen (secondary N) is 3. The van der Waals surface area contributed by atoms with Gasteiger partial charge in [-0.15, -0.1) is 0 Å². The Morgan fingerprint density at radius 2 is 1.86 bits per heavy atom. The van der Waals surface area contributed by atoms with Gasteiger partial charge in [0.1, 0.15) is 5.69 Å². The molecule has 0 aliphatic carbocycles. The molecule has 0 unspecified atom stereocenters. The quantitative estimate of drug-likeness (QED) is 0.406. The van der Waals surface area contributed by atoms with Crippen LogP contribution in [0.2, 0.25) is 0 Å². The van der Waals surface area contributed by atoms with Crippen LogP contribution < -0.4 is 10.6 Å². The molecule has 1 aliphatic heterocycles. The van der Waals surface area contributed by atoms with E-state index in [4.69, 9.17) is 0 Å². The van der Waals surface area contributed by atoms with Gasteiger partial charge in [-0.1, -0.05) is 18.2 Å². The SMILES string of the molecule is CCNC(=O)N1CC(n2cc(-c3n[nH]c4cc(C)c(C(=O)Nc5c(C)cccc5C)cc34)cn2)C1. The first kappa shape index (κ1) is 22.6. The molecule has 9 heteroatoms. The number of aryl methyl sites for hydroxylation is 3. The Bertz CT molecular complexity index is 1410. The Balaban J connectivity index is 1.40. The molecule has 0 saturated carbocycles. The van der Waals surface area contributed by atoms with E-state index in [1.165, 1.54) is 0 Å². The summed E-state index contributed by atoms with van der Waals surface area (Å²) in [5.41, 5.74) is 6.82. The predicted octanol–water partition coefficient (Wildman–Crippen LogP) is 4.19. The number of rotatable bonds is 5. The molecule has 3 amide bonds. The number of anilines is 1. The van der Waals surface area contributed by atoms with E-state index in [2.05, 4.69) is 25.9 Å². The van der Waals surface area contributed by atoms with Gasteiger partial charge in [0.25, 0.3) is 5.91 Å². The number of carbonyl (C=O) groups excluding carboxylic acids is 2. The van der Waals surface area contributed by atoms with Crippen molar-refractivity contribution >= 4 is 28.5 Å². The number of hydrogen-bond acceptors (Lipinski definition) is 4. The van der Waals surface area contributed by atoms with E-state index in [1.807, 2.05) is 68.9 Å². The second-order valence-electron chi connectivity index (χ2n) is 9.11. The number of benzene rings is 2. The van der Waals surface area contributed by atoms with Gasteiger partial charge in [0.2, 0.25) is 0 Å². The van der Waals surface area contributed by atoms with Crippen LogP contribution in [0.25, 0.3) is 22.2 Å². The highest BCUT2D eigenvalue weighted by Gasteiger charge is 2.32. The predicted molar refractivity (Wildman–Crippen MR) is 136 cm³/mol. The molecule has 0 spiro atoms. The van der Waals surface area contributed by atoms with E-state index in [-0.39, 0.29) is 18.0 Å². The van der Waals surface area contributed by atoms with Crippen LogP contribution in [0, 0.1) is 20.8 Å². The third kappa shape index (κ3) is 4.14. The molecule has 0 radical (unpaired) electrons. The summed E-state index contributed by atoms with van der Waals surface area (Å²) in [5, 5.41) is 18.9. The summed E-state index contributed by atoms with van der Waals surface area (Å²) in [6.07, 6.45) is 3.73. The van der Waals surface area contributed by atoms with Gasteiger partial charge in [0.05, 0.1) is 17.8 Å². The molecule has 35 heavy (non-hydrogen) atoms. The summed E-state index contributed by atoms with van der Waals surface area (Å²) in [5.74, 6) is -0.149. The highest BCUT2D eigenvalue weighted by Crippen LogP contribution is 2.31. The van der Waals surface area contributed by atoms with Crippen LogP contribution in [0.5, 0.6) is 0 Å². The van der Waals surface area contributed by atoms with Gasteiger partial charge < -0.3 is 15.5 Å². The molecule has 1 fully saturated rings. The molecular weight excluding hydrogens is 442 g/mol. The lowest BCUT2D eigenvalue weighted by molar-refractivity contribution is 0.102. The number of amides is 3. The Hall–Kier alpha value is -4.14. The highest BCUT2D eigenvalue weighted by atomic mass is 16.2. The molecule has 180 valence electrons. The second-order valence-corrected chi connectivity index (χ2v) is 9.11. The Morgan fingerprint density at radius 1 is 1.11 bits per heavy atom. The summed E-state index contributed by atoms with van der Waals surface area (Å²) in [6.45, 7) is 9.66. The number of aromatic nitrogens is 4. The number of aromatic amines is 1. The molecule has 1 saturated heterocycles. The zero-order valence-electron chi connectivity index (χ0n) is 20.3. The summed E-state index contributed by atoms with van der Waals surface area (Å²) >= 11 is 0. The van der Waals surface area contributed by atoms with E-state index in [1.54, 1.807) is 11.1 Å². The first-order chi connectivity index (χ1) is 16.9. The number of likely N-dealkylation sites (tertiary alicyclic amines) is 1. The van der Waals surface area contributed by atoms with E-state index >= 15 is 0 Å². The third-order valence-electron chi connectivity index (χ3n) is 6.60. The van der Waals surface area contributed by atoms with Gasteiger partial charge in [-0.05, 0) is 56.5 Å². The lowest BCUT2D eigenvalue weighted by Crippen LogP contribution is -2.54. The number of H-pyrrole nitrogens is 1. The van der Waals surface area contributed by atoms with Crippen molar-refractivity contribution in [2.45, 2.75) is 33.7 Å². The Labute approximate surface area is 203 Å². The van der Waals surface area contributed by atoms with Crippen LogP contribution in [-0.2, 0) is 0 Å². The van der Waals surface area contributed by atoms with Crippen LogP contribution in [-0.4, -0.2) is 56.5 Å². The summed E-state index contributed by atoms with van der Waals surface area (Å²) in [4.78, 5) is 26.9. The third-order valence-corrected chi connectivity index (χ3v) is 6.60. The van der Waals surface area contributed by atoms with Gasteiger partial charge in [-0.2, -0.15) is 10.2 Å². The molecule has 4 aromatic rings. The van der Waals surface area contributed by atoms with E-state index in [9.17, 15) is 9.59 Å². The van der Waals surface area contributed by atoms with Crippen molar-refractivity contribution in [3.63, 3.8) is 0 Å². The summed E-state index contributed by atoms with van der Waals surface area (Å²) in [6, 6.07) is 9.89. The van der Waals surface area contributed by atoms with Gasteiger partial charge in [0, 0.05) is 48.0 Å². The van der Waals surface area contributed by atoms with Gasteiger partial charge >= 0.3 is 6.03 Å². The smallest absolute Gasteiger partial charge is 0.317 e. The molecule has 9 nitrogen and oxygen atoms in total. The average Bonchev–Trinajstić information content (AvgIpc) is 3.41. The molecule has 0 atom stereocenters. The van der Waals surface area contributed by atoms with E-state index in [0.717, 1.165) is 44.5 Å². The molecule has 2 aromatic heterocycles. The zero-order chi connectivity index (χ0) is 24.7. The molecule has 3 N–H and O–H groups in total. The molecule has 3 heterocycles. The van der Waals surface area contributed by atoms with Gasteiger partial charge in [0.15, 0.2) is 0 Å². The Morgan fingerprint density at radius 3 is 2.57 bits per heavy atom. The van der Waals surface area contributed by atoms with Crippen molar-refractivity contribution in [2.75, 3.05) is 25.0 Å². The fourth-order valence-electron chi connectivity index (χ4n) is 4.54. The number of hydrogen-bond donors (Lipinski definition) is 3. The van der Waals surface area contributed by atoms with E-state index in [0.29, 0.717) is 25.2 Å².